The molecule has 0 amide bonds. The first-order chi connectivity index (χ1) is 10.6. The Hall–Kier alpha value is -1.58. The number of ether oxygens (including phenoxy) is 1. The third-order valence-corrected chi connectivity index (χ3v) is 4.90. The molecule has 1 saturated heterocycles. The molecule has 0 aliphatic carbocycles. The van der Waals surface area contributed by atoms with Crippen molar-refractivity contribution >= 4 is 45.4 Å². The number of carbonyl (C=O) groups is 1. The summed E-state index contributed by atoms with van der Waals surface area (Å²) in [6.07, 6.45) is 6.41. The van der Waals surface area contributed by atoms with Crippen LogP contribution in [0.3, 0.4) is 0 Å². The predicted octanol–water partition coefficient (Wildman–Crippen LogP) is 2.40. The van der Waals surface area contributed by atoms with Gasteiger partial charge >= 0.3 is 5.97 Å². The van der Waals surface area contributed by atoms with Crippen molar-refractivity contribution in [1.82, 2.24) is 20.0 Å². The predicted molar refractivity (Wildman–Crippen MR) is 84.6 cm³/mol. The zero-order valence-electron chi connectivity index (χ0n) is 11.5. The fourth-order valence-electron chi connectivity index (χ4n) is 2.15. The lowest BCUT2D eigenvalue weighted by Crippen LogP contribution is -2.10. The van der Waals surface area contributed by atoms with E-state index in [1.54, 1.807) is 16.8 Å². The monoisotopic (exact) mass is 384 g/mol. The number of carboxylic acid groups (broad SMARTS) is 1. The second-order valence-corrected chi connectivity index (χ2v) is 7.26. The van der Waals surface area contributed by atoms with Crippen LogP contribution in [-0.4, -0.2) is 44.3 Å². The minimum atomic E-state index is -1.05. The molecule has 3 rings (SSSR count). The summed E-state index contributed by atoms with van der Waals surface area (Å²) in [5.41, 5.74) is 0.733. The van der Waals surface area contributed by atoms with E-state index < -0.39 is 5.97 Å². The molecule has 3 heterocycles. The largest absolute Gasteiger partial charge is 0.476 e. The standard InChI is InChI=1S/C13H13BrN4O3S/c14-12-11(13(19)20)15-10(22-12)2-1-9-6-18(17-16-9)5-8-3-4-21-7-8/h1-2,6,8H,3-5,7H2,(H,19,20). The van der Waals surface area contributed by atoms with Gasteiger partial charge in [0.15, 0.2) is 5.69 Å². The van der Waals surface area contributed by atoms with Gasteiger partial charge in [0.05, 0.1) is 12.8 Å². The number of rotatable bonds is 5. The molecule has 116 valence electrons. The molecule has 1 atom stereocenters. The van der Waals surface area contributed by atoms with Gasteiger partial charge in [-0.3, -0.25) is 4.68 Å². The molecule has 2 aromatic rings. The molecule has 1 N–H and O–H groups in total. The summed E-state index contributed by atoms with van der Waals surface area (Å²) in [6, 6.07) is 0. The van der Waals surface area contributed by atoms with Crippen molar-refractivity contribution in [3.8, 4) is 0 Å². The fraction of sp³-hybridized carbons (Fsp3) is 0.385. The number of aromatic carboxylic acids is 1. The van der Waals surface area contributed by atoms with Crippen molar-refractivity contribution in [1.29, 1.82) is 0 Å². The Morgan fingerprint density at radius 1 is 1.59 bits per heavy atom. The average molecular weight is 385 g/mol. The summed E-state index contributed by atoms with van der Waals surface area (Å²) < 4.78 is 7.65. The minimum Gasteiger partial charge on any atom is -0.476 e. The van der Waals surface area contributed by atoms with Gasteiger partial charge in [-0.05, 0) is 34.5 Å². The summed E-state index contributed by atoms with van der Waals surface area (Å²) in [7, 11) is 0. The van der Waals surface area contributed by atoms with E-state index in [1.807, 2.05) is 6.20 Å². The summed E-state index contributed by atoms with van der Waals surface area (Å²) >= 11 is 4.46. The van der Waals surface area contributed by atoms with Crippen molar-refractivity contribution in [2.24, 2.45) is 5.92 Å². The average Bonchev–Trinajstić information content (AvgIpc) is 3.18. The Morgan fingerprint density at radius 3 is 3.14 bits per heavy atom. The van der Waals surface area contributed by atoms with Crippen LogP contribution in [0, 0.1) is 5.92 Å². The van der Waals surface area contributed by atoms with E-state index in [-0.39, 0.29) is 5.69 Å². The quantitative estimate of drug-likeness (QED) is 0.850. The van der Waals surface area contributed by atoms with E-state index in [2.05, 4.69) is 31.2 Å². The third-order valence-electron chi connectivity index (χ3n) is 3.23. The summed E-state index contributed by atoms with van der Waals surface area (Å²) in [5.74, 6) is -0.556. The molecule has 1 fully saturated rings. The van der Waals surface area contributed by atoms with Gasteiger partial charge in [-0.25, -0.2) is 9.78 Å². The Bertz CT molecular complexity index is 706. The Labute approximate surface area is 138 Å². The van der Waals surface area contributed by atoms with E-state index in [1.165, 1.54) is 11.3 Å². The minimum absolute atomic E-state index is 0.0227. The molecule has 0 bridgehead atoms. The summed E-state index contributed by atoms with van der Waals surface area (Å²) in [4.78, 5) is 15.0. The number of hydrogen-bond acceptors (Lipinski definition) is 6. The number of hydrogen-bond donors (Lipinski definition) is 1. The number of halogens is 1. The maximum atomic E-state index is 10.9. The van der Waals surface area contributed by atoms with Crippen molar-refractivity contribution < 1.29 is 14.6 Å². The Morgan fingerprint density at radius 2 is 2.45 bits per heavy atom. The van der Waals surface area contributed by atoms with Crippen LogP contribution in [0.4, 0.5) is 0 Å². The Balaban J connectivity index is 1.66. The van der Waals surface area contributed by atoms with Gasteiger partial charge in [0, 0.05) is 19.1 Å². The van der Waals surface area contributed by atoms with Crippen molar-refractivity contribution in [2.75, 3.05) is 13.2 Å². The van der Waals surface area contributed by atoms with Gasteiger partial charge in [0.1, 0.15) is 14.5 Å². The maximum absolute atomic E-state index is 10.9. The maximum Gasteiger partial charge on any atom is 0.356 e. The number of nitrogens with zero attached hydrogens (tertiary/aromatic N) is 4. The van der Waals surface area contributed by atoms with E-state index in [0.717, 1.165) is 26.2 Å². The SMILES string of the molecule is O=C(O)c1nc(C=Cc2cn(CC3CCOC3)nn2)sc1Br. The molecule has 2 aromatic heterocycles. The van der Waals surface area contributed by atoms with E-state index in [4.69, 9.17) is 9.84 Å². The highest BCUT2D eigenvalue weighted by Crippen LogP contribution is 2.26. The smallest absolute Gasteiger partial charge is 0.356 e. The van der Waals surface area contributed by atoms with Crippen molar-refractivity contribution in [2.45, 2.75) is 13.0 Å². The molecular weight excluding hydrogens is 372 g/mol. The highest BCUT2D eigenvalue weighted by atomic mass is 79.9. The van der Waals surface area contributed by atoms with Gasteiger partial charge in [-0.2, -0.15) is 0 Å². The molecule has 1 aliphatic heterocycles. The van der Waals surface area contributed by atoms with Gasteiger partial charge in [-0.1, -0.05) is 5.21 Å². The lowest BCUT2D eigenvalue weighted by atomic mass is 10.1. The second kappa shape index (κ2) is 6.67. The van der Waals surface area contributed by atoms with Crippen LogP contribution < -0.4 is 0 Å². The van der Waals surface area contributed by atoms with Crippen LogP contribution in [0.2, 0.25) is 0 Å². The topological polar surface area (TPSA) is 90.1 Å². The molecule has 0 saturated carbocycles. The number of carboxylic acids is 1. The van der Waals surface area contributed by atoms with Crippen molar-refractivity contribution in [3.63, 3.8) is 0 Å². The molecular formula is C13H13BrN4O3S. The van der Waals surface area contributed by atoms with E-state index in [0.29, 0.717) is 20.4 Å². The lowest BCUT2D eigenvalue weighted by molar-refractivity contribution is 0.0690. The zero-order valence-corrected chi connectivity index (χ0v) is 13.9. The molecule has 22 heavy (non-hydrogen) atoms. The first kappa shape index (κ1) is 15.3. The van der Waals surface area contributed by atoms with Gasteiger partial charge in [-0.15, -0.1) is 16.4 Å². The first-order valence-corrected chi connectivity index (χ1v) is 8.28. The third kappa shape index (κ3) is 3.60. The van der Waals surface area contributed by atoms with E-state index in [9.17, 15) is 4.79 Å². The highest BCUT2D eigenvalue weighted by Gasteiger charge is 2.17. The Kier molecular flexibility index (Phi) is 4.65. The molecule has 0 aromatic carbocycles. The summed E-state index contributed by atoms with van der Waals surface area (Å²) in [6.45, 7) is 2.39. The molecule has 7 nitrogen and oxygen atoms in total. The van der Waals surface area contributed by atoms with Crippen LogP contribution >= 0.6 is 27.3 Å². The van der Waals surface area contributed by atoms with Gasteiger partial charge < -0.3 is 9.84 Å². The summed E-state index contributed by atoms with van der Waals surface area (Å²) in [5, 5.41) is 17.7. The normalized spacial score (nSPS) is 18.3. The van der Waals surface area contributed by atoms with Gasteiger partial charge in [0.25, 0.3) is 0 Å². The van der Waals surface area contributed by atoms with Gasteiger partial charge in [0.2, 0.25) is 0 Å². The van der Waals surface area contributed by atoms with Crippen LogP contribution in [0.5, 0.6) is 0 Å². The molecule has 0 spiro atoms. The lowest BCUT2D eigenvalue weighted by Gasteiger charge is -2.05. The molecule has 1 unspecified atom stereocenters. The number of aromatic nitrogens is 4. The highest BCUT2D eigenvalue weighted by molar-refractivity contribution is 9.11. The first-order valence-electron chi connectivity index (χ1n) is 6.67. The van der Waals surface area contributed by atoms with Crippen molar-refractivity contribution in [3.05, 3.63) is 26.4 Å². The van der Waals surface area contributed by atoms with Crippen LogP contribution in [0.15, 0.2) is 9.98 Å². The second-order valence-electron chi connectivity index (χ2n) is 4.91. The molecule has 1 aliphatic rings. The number of thiazole rings is 1. The van der Waals surface area contributed by atoms with Crippen LogP contribution in [-0.2, 0) is 11.3 Å². The molecule has 9 heteroatoms. The molecule has 0 radical (unpaired) electrons. The fourth-order valence-corrected chi connectivity index (χ4v) is 3.59. The van der Waals surface area contributed by atoms with Crippen LogP contribution in [0.1, 0.15) is 27.6 Å². The van der Waals surface area contributed by atoms with E-state index >= 15 is 0 Å². The zero-order chi connectivity index (χ0) is 15.5. The van der Waals surface area contributed by atoms with Crippen LogP contribution in [0.25, 0.3) is 12.2 Å².